The molecule has 0 saturated heterocycles. The molecule has 1 saturated carbocycles. The highest BCUT2D eigenvalue weighted by molar-refractivity contribution is 5.85. The molecule has 3 rings (SSSR count). The van der Waals surface area contributed by atoms with E-state index < -0.39 is 11.0 Å². The molecule has 0 unspecified atom stereocenters. The van der Waals surface area contributed by atoms with Crippen LogP contribution in [0.1, 0.15) is 56.8 Å². The predicted octanol–water partition coefficient (Wildman–Crippen LogP) is 3.68. The van der Waals surface area contributed by atoms with Crippen molar-refractivity contribution in [1.29, 1.82) is 0 Å². The zero-order chi connectivity index (χ0) is 15.1. The second-order valence-electron chi connectivity index (χ2n) is 6.42. The molecule has 0 aliphatic heterocycles. The summed E-state index contributed by atoms with van der Waals surface area (Å²) in [6, 6.07) is 6.37. The predicted molar refractivity (Wildman–Crippen MR) is 84.4 cm³/mol. The number of nitrogens with zero attached hydrogens (tertiary/aromatic N) is 2. The summed E-state index contributed by atoms with van der Waals surface area (Å²) in [7, 11) is 0. The number of hydrogen-bond donors (Lipinski definition) is 1. The van der Waals surface area contributed by atoms with E-state index in [1.807, 2.05) is 13.8 Å². The fourth-order valence-corrected chi connectivity index (χ4v) is 2.90. The summed E-state index contributed by atoms with van der Waals surface area (Å²) in [6.45, 7) is 3.96. The third-order valence-electron chi connectivity index (χ3n) is 4.47. The molecule has 1 heterocycles. The monoisotopic (exact) mass is 325 g/mol. The Morgan fingerprint density at radius 2 is 1.77 bits per heavy atom. The fourth-order valence-electron chi connectivity index (χ4n) is 2.90. The van der Waals surface area contributed by atoms with Gasteiger partial charge < -0.3 is 10.3 Å². The summed E-state index contributed by atoms with van der Waals surface area (Å²) in [6.07, 6.45) is 3.98. The van der Waals surface area contributed by atoms with Crippen LogP contribution in [0.5, 0.6) is 0 Å². The molecule has 4 nitrogen and oxygen atoms in total. The van der Waals surface area contributed by atoms with Crippen LogP contribution in [-0.4, -0.2) is 10.1 Å². The van der Waals surface area contributed by atoms with Crippen LogP contribution >= 0.6 is 12.4 Å². The van der Waals surface area contributed by atoms with Gasteiger partial charge in [-0.3, -0.25) is 0 Å². The van der Waals surface area contributed by atoms with Gasteiger partial charge in [0.2, 0.25) is 5.89 Å². The van der Waals surface area contributed by atoms with Crippen LogP contribution in [0.15, 0.2) is 28.8 Å². The standard InChI is InChI=1S/C16H20FN3O.ClH/c1-15(2,11-5-7-12(17)8-6-11)14-19-13(20-21-14)16(18)9-3-4-10-16;/h5-8H,3-4,9-10,18H2,1-2H3;1H. The first-order valence-corrected chi connectivity index (χ1v) is 7.31. The maximum Gasteiger partial charge on any atom is 0.236 e. The molecule has 1 fully saturated rings. The molecule has 1 aliphatic carbocycles. The Kier molecular flexibility index (Phi) is 4.59. The maximum absolute atomic E-state index is 13.1. The minimum atomic E-state index is -0.478. The minimum absolute atomic E-state index is 0. The van der Waals surface area contributed by atoms with E-state index in [-0.39, 0.29) is 18.2 Å². The average Bonchev–Trinajstić information content (AvgIpc) is 3.09. The number of aromatic nitrogens is 2. The molecule has 1 aromatic heterocycles. The molecule has 0 atom stereocenters. The summed E-state index contributed by atoms with van der Waals surface area (Å²) in [5, 5.41) is 4.09. The molecule has 0 radical (unpaired) electrons. The van der Waals surface area contributed by atoms with Gasteiger partial charge in [-0.1, -0.05) is 30.1 Å². The van der Waals surface area contributed by atoms with E-state index in [0.29, 0.717) is 11.7 Å². The summed E-state index contributed by atoms with van der Waals surface area (Å²) in [5.41, 5.74) is 6.35. The molecule has 1 aromatic carbocycles. The largest absolute Gasteiger partial charge is 0.338 e. The van der Waals surface area contributed by atoms with Crippen molar-refractivity contribution < 1.29 is 8.91 Å². The molecule has 6 heteroatoms. The minimum Gasteiger partial charge on any atom is -0.338 e. The van der Waals surface area contributed by atoms with Gasteiger partial charge in [0.05, 0.1) is 11.0 Å². The Balaban J connectivity index is 0.00000176. The lowest BCUT2D eigenvalue weighted by atomic mass is 9.84. The van der Waals surface area contributed by atoms with Crippen molar-refractivity contribution in [2.75, 3.05) is 0 Å². The lowest BCUT2D eigenvalue weighted by Crippen LogP contribution is -2.34. The van der Waals surface area contributed by atoms with Crippen molar-refractivity contribution in [3.8, 4) is 0 Å². The summed E-state index contributed by atoms with van der Waals surface area (Å²) >= 11 is 0. The molecule has 0 amide bonds. The highest BCUT2D eigenvalue weighted by atomic mass is 35.5. The second-order valence-corrected chi connectivity index (χ2v) is 6.42. The molecular weight excluding hydrogens is 305 g/mol. The number of halogens is 2. The van der Waals surface area contributed by atoms with Crippen LogP contribution in [-0.2, 0) is 11.0 Å². The van der Waals surface area contributed by atoms with Crippen molar-refractivity contribution >= 4 is 12.4 Å². The smallest absolute Gasteiger partial charge is 0.236 e. The topological polar surface area (TPSA) is 64.9 Å². The second kappa shape index (κ2) is 5.97. The van der Waals surface area contributed by atoms with Crippen LogP contribution in [0.4, 0.5) is 4.39 Å². The molecule has 120 valence electrons. The molecule has 0 spiro atoms. The normalized spacial score (nSPS) is 17.3. The van der Waals surface area contributed by atoms with Gasteiger partial charge in [0.1, 0.15) is 5.82 Å². The van der Waals surface area contributed by atoms with Crippen molar-refractivity contribution in [1.82, 2.24) is 10.1 Å². The Morgan fingerprint density at radius 3 is 2.36 bits per heavy atom. The van der Waals surface area contributed by atoms with Crippen LogP contribution in [0.2, 0.25) is 0 Å². The van der Waals surface area contributed by atoms with E-state index in [0.717, 1.165) is 31.2 Å². The highest BCUT2D eigenvalue weighted by Crippen LogP contribution is 2.37. The number of nitrogens with two attached hydrogens (primary N) is 1. The van der Waals surface area contributed by atoms with Gasteiger partial charge in [-0.05, 0) is 44.4 Å². The van der Waals surface area contributed by atoms with Crippen LogP contribution in [0.3, 0.4) is 0 Å². The number of rotatable bonds is 3. The van der Waals surface area contributed by atoms with E-state index in [9.17, 15) is 4.39 Å². The van der Waals surface area contributed by atoms with Gasteiger partial charge >= 0.3 is 0 Å². The van der Waals surface area contributed by atoms with Gasteiger partial charge in [0, 0.05) is 0 Å². The van der Waals surface area contributed by atoms with Gasteiger partial charge in [-0.15, -0.1) is 12.4 Å². The van der Waals surface area contributed by atoms with Gasteiger partial charge in [0.15, 0.2) is 5.82 Å². The summed E-state index contributed by atoms with van der Waals surface area (Å²) in [5.74, 6) is 0.846. The molecule has 1 aliphatic rings. The molecule has 0 bridgehead atoms. The highest BCUT2D eigenvalue weighted by Gasteiger charge is 2.38. The van der Waals surface area contributed by atoms with Crippen molar-refractivity contribution in [2.24, 2.45) is 5.73 Å². The lowest BCUT2D eigenvalue weighted by Gasteiger charge is -2.21. The first kappa shape index (κ1) is 16.9. The Labute approximate surface area is 135 Å². The van der Waals surface area contributed by atoms with E-state index in [1.165, 1.54) is 12.1 Å². The first-order chi connectivity index (χ1) is 9.92. The van der Waals surface area contributed by atoms with Crippen molar-refractivity contribution in [3.05, 3.63) is 47.4 Å². The summed E-state index contributed by atoms with van der Waals surface area (Å²) in [4.78, 5) is 4.54. The maximum atomic E-state index is 13.1. The van der Waals surface area contributed by atoms with Crippen LogP contribution in [0, 0.1) is 5.82 Å². The fraction of sp³-hybridized carbons (Fsp3) is 0.500. The van der Waals surface area contributed by atoms with E-state index >= 15 is 0 Å². The zero-order valence-electron chi connectivity index (χ0n) is 12.8. The first-order valence-electron chi connectivity index (χ1n) is 7.31. The van der Waals surface area contributed by atoms with Gasteiger partial charge in [0.25, 0.3) is 0 Å². The SMILES string of the molecule is CC(C)(c1ccc(F)cc1)c1nc(C2(N)CCCC2)no1.Cl. The van der Waals surface area contributed by atoms with E-state index in [2.05, 4.69) is 10.1 Å². The Morgan fingerprint density at radius 1 is 1.18 bits per heavy atom. The van der Waals surface area contributed by atoms with E-state index in [4.69, 9.17) is 10.3 Å². The quantitative estimate of drug-likeness (QED) is 0.934. The van der Waals surface area contributed by atoms with Crippen molar-refractivity contribution in [3.63, 3.8) is 0 Å². The Hall–Kier alpha value is -1.46. The number of benzene rings is 1. The third kappa shape index (κ3) is 2.88. The zero-order valence-corrected chi connectivity index (χ0v) is 13.6. The lowest BCUT2D eigenvalue weighted by molar-refractivity contribution is 0.318. The van der Waals surface area contributed by atoms with Gasteiger partial charge in [-0.2, -0.15) is 4.98 Å². The van der Waals surface area contributed by atoms with Crippen molar-refractivity contribution in [2.45, 2.75) is 50.5 Å². The molecule has 2 N–H and O–H groups in total. The number of hydrogen-bond acceptors (Lipinski definition) is 4. The third-order valence-corrected chi connectivity index (χ3v) is 4.47. The van der Waals surface area contributed by atoms with Crippen LogP contribution in [0.25, 0.3) is 0 Å². The van der Waals surface area contributed by atoms with E-state index in [1.54, 1.807) is 12.1 Å². The van der Waals surface area contributed by atoms with Crippen LogP contribution < -0.4 is 5.73 Å². The van der Waals surface area contributed by atoms with Gasteiger partial charge in [-0.25, -0.2) is 4.39 Å². The average molecular weight is 326 g/mol. The molecule has 22 heavy (non-hydrogen) atoms. The Bertz CT molecular complexity index is 633. The molecular formula is C16H21ClFN3O. The summed E-state index contributed by atoms with van der Waals surface area (Å²) < 4.78 is 18.5. The molecule has 2 aromatic rings.